The van der Waals surface area contributed by atoms with Gasteiger partial charge in [0.05, 0.1) is 0 Å². The van der Waals surface area contributed by atoms with E-state index in [4.69, 9.17) is 4.74 Å². The molecule has 0 spiro atoms. The molecule has 1 aromatic carbocycles. The van der Waals surface area contributed by atoms with Gasteiger partial charge in [0.1, 0.15) is 12.1 Å². The predicted molar refractivity (Wildman–Crippen MR) is 80.3 cm³/mol. The largest absolute Gasteiger partial charge is 0.459 e. The van der Waals surface area contributed by atoms with Crippen molar-refractivity contribution in [2.24, 2.45) is 5.92 Å². The molecule has 112 valence electrons. The minimum atomic E-state index is -0.951. The number of amides is 1. The van der Waals surface area contributed by atoms with E-state index in [-0.39, 0.29) is 24.4 Å². The number of carbonyl (C=O) groups is 2. The van der Waals surface area contributed by atoms with Crippen molar-refractivity contribution in [3.8, 4) is 0 Å². The molecule has 4 nitrogen and oxygen atoms in total. The first-order valence-electron chi connectivity index (χ1n) is 7.18. The van der Waals surface area contributed by atoms with E-state index in [1.165, 1.54) is 0 Å². The van der Waals surface area contributed by atoms with E-state index in [2.05, 4.69) is 5.32 Å². The van der Waals surface area contributed by atoms with Crippen molar-refractivity contribution in [2.45, 2.75) is 39.3 Å². The summed E-state index contributed by atoms with van der Waals surface area (Å²) in [6.45, 7) is 5.86. The van der Waals surface area contributed by atoms with Crippen molar-refractivity contribution >= 4 is 11.9 Å². The summed E-state index contributed by atoms with van der Waals surface area (Å²) < 4.78 is 5.44. The standard InChI is InChI=1S/C17H21NO3/c1-4-14-10-17(12(2)3,18-15(14)19)16(20)21-11-13-8-6-5-7-9-13/h4-9,12H,10-11H2,1-3H3,(H,18,19)/b14-4+. The summed E-state index contributed by atoms with van der Waals surface area (Å²) in [7, 11) is 0. The molecule has 1 aliphatic rings. The van der Waals surface area contributed by atoms with Gasteiger partial charge >= 0.3 is 5.97 Å². The number of nitrogens with one attached hydrogen (secondary N) is 1. The Kier molecular flexibility index (Phi) is 4.46. The number of ether oxygens (including phenoxy) is 1. The Bertz CT molecular complexity index is 563. The van der Waals surface area contributed by atoms with Crippen LogP contribution in [0, 0.1) is 5.92 Å². The molecule has 21 heavy (non-hydrogen) atoms. The van der Waals surface area contributed by atoms with Gasteiger partial charge in [-0.05, 0) is 18.4 Å². The van der Waals surface area contributed by atoms with E-state index in [0.717, 1.165) is 5.56 Å². The molecular formula is C17H21NO3. The minimum absolute atomic E-state index is 0.0397. The molecule has 0 aliphatic carbocycles. The lowest BCUT2D eigenvalue weighted by Crippen LogP contribution is -2.53. The second kappa shape index (κ2) is 6.12. The van der Waals surface area contributed by atoms with Crippen molar-refractivity contribution < 1.29 is 14.3 Å². The Hall–Kier alpha value is -2.10. The van der Waals surface area contributed by atoms with Gasteiger partial charge in [0.15, 0.2) is 0 Å². The van der Waals surface area contributed by atoms with Crippen LogP contribution in [0.1, 0.15) is 32.8 Å². The molecule has 1 fully saturated rings. The zero-order valence-corrected chi connectivity index (χ0v) is 12.7. The van der Waals surface area contributed by atoms with Gasteiger partial charge in [0.25, 0.3) is 0 Å². The molecule has 1 aromatic rings. The lowest BCUT2D eigenvalue weighted by Gasteiger charge is -2.30. The van der Waals surface area contributed by atoms with Crippen LogP contribution in [0.25, 0.3) is 0 Å². The summed E-state index contributed by atoms with van der Waals surface area (Å²) in [5.41, 5.74) is 0.619. The fraction of sp³-hybridized carbons (Fsp3) is 0.412. The van der Waals surface area contributed by atoms with Crippen LogP contribution in [-0.4, -0.2) is 17.4 Å². The maximum Gasteiger partial charge on any atom is 0.332 e. The monoisotopic (exact) mass is 287 g/mol. The van der Waals surface area contributed by atoms with E-state index < -0.39 is 5.54 Å². The van der Waals surface area contributed by atoms with Crippen LogP contribution in [0.15, 0.2) is 42.0 Å². The molecule has 1 aliphatic heterocycles. The Morgan fingerprint density at radius 2 is 2.05 bits per heavy atom. The number of hydrogen-bond acceptors (Lipinski definition) is 3. The first-order chi connectivity index (χ1) is 9.99. The average Bonchev–Trinajstić information content (AvgIpc) is 2.84. The second-order valence-electron chi connectivity index (χ2n) is 5.63. The third kappa shape index (κ3) is 2.99. The van der Waals surface area contributed by atoms with Crippen LogP contribution >= 0.6 is 0 Å². The molecule has 0 radical (unpaired) electrons. The van der Waals surface area contributed by atoms with Crippen molar-refractivity contribution in [3.63, 3.8) is 0 Å². The predicted octanol–water partition coefficient (Wildman–Crippen LogP) is 2.59. The van der Waals surface area contributed by atoms with Crippen LogP contribution in [0.5, 0.6) is 0 Å². The molecule has 1 atom stereocenters. The first kappa shape index (κ1) is 15.3. The van der Waals surface area contributed by atoms with Gasteiger partial charge in [-0.1, -0.05) is 50.3 Å². The van der Waals surface area contributed by atoms with Crippen molar-refractivity contribution in [1.82, 2.24) is 5.32 Å². The highest BCUT2D eigenvalue weighted by Gasteiger charge is 2.50. The number of benzene rings is 1. The fourth-order valence-electron chi connectivity index (χ4n) is 2.50. The van der Waals surface area contributed by atoms with Gasteiger partial charge in [0.2, 0.25) is 5.91 Å². The van der Waals surface area contributed by atoms with Crippen molar-refractivity contribution in [1.29, 1.82) is 0 Å². The van der Waals surface area contributed by atoms with Gasteiger partial charge < -0.3 is 10.1 Å². The number of carbonyl (C=O) groups excluding carboxylic acids is 2. The zero-order valence-electron chi connectivity index (χ0n) is 12.7. The summed E-state index contributed by atoms with van der Waals surface area (Å²) >= 11 is 0. The quantitative estimate of drug-likeness (QED) is 0.684. The van der Waals surface area contributed by atoms with Crippen LogP contribution in [0.3, 0.4) is 0 Å². The highest BCUT2D eigenvalue weighted by atomic mass is 16.5. The normalized spacial score (nSPS) is 23.4. The van der Waals surface area contributed by atoms with Gasteiger partial charge in [-0.15, -0.1) is 0 Å². The Labute approximate surface area is 125 Å². The Balaban J connectivity index is 2.13. The number of hydrogen-bond donors (Lipinski definition) is 1. The SMILES string of the molecule is C/C=C1\CC(C(=O)OCc2ccccc2)(C(C)C)NC1=O. The summed E-state index contributed by atoms with van der Waals surface area (Å²) in [6.07, 6.45) is 2.14. The Morgan fingerprint density at radius 1 is 1.38 bits per heavy atom. The molecule has 2 rings (SSSR count). The van der Waals surface area contributed by atoms with E-state index in [1.54, 1.807) is 13.0 Å². The summed E-state index contributed by atoms with van der Waals surface area (Å²) in [6, 6.07) is 9.52. The third-order valence-corrected chi connectivity index (χ3v) is 4.01. The molecule has 0 bridgehead atoms. The summed E-state index contributed by atoms with van der Waals surface area (Å²) in [5.74, 6) is -0.586. The molecular weight excluding hydrogens is 266 g/mol. The maximum absolute atomic E-state index is 12.5. The van der Waals surface area contributed by atoms with E-state index in [1.807, 2.05) is 44.2 Å². The highest BCUT2D eigenvalue weighted by molar-refractivity contribution is 6.02. The van der Waals surface area contributed by atoms with Crippen molar-refractivity contribution in [2.75, 3.05) is 0 Å². The molecule has 1 saturated heterocycles. The third-order valence-electron chi connectivity index (χ3n) is 4.01. The summed E-state index contributed by atoms with van der Waals surface area (Å²) in [4.78, 5) is 24.4. The van der Waals surface area contributed by atoms with Crippen LogP contribution in [0.4, 0.5) is 0 Å². The number of allylic oxidation sites excluding steroid dienone is 1. The van der Waals surface area contributed by atoms with Crippen LogP contribution < -0.4 is 5.32 Å². The molecule has 1 amide bonds. The van der Waals surface area contributed by atoms with Gasteiger partial charge in [-0.2, -0.15) is 0 Å². The molecule has 1 N–H and O–H groups in total. The lowest BCUT2D eigenvalue weighted by molar-refractivity contribution is -0.155. The smallest absolute Gasteiger partial charge is 0.332 e. The molecule has 0 aromatic heterocycles. The lowest BCUT2D eigenvalue weighted by atomic mass is 9.84. The minimum Gasteiger partial charge on any atom is -0.459 e. The van der Waals surface area contributed by atoms with E-state index in [0.29, 0.717) is 12.0 Å². The summed E-state index contributed by atoms with van der Waals surface area (Å²) in [5, 5.41) is 2.82. The topological polar surface area (TPSA) is 55.4 Å². The first-order valence-corrected chi connectivity index (χ1v) is 7.18. The second-order valence-corrected chi connectivity index (χ2v) is 5.63. The molecule has 1 heterocycles. The molecule has 4 heteroatoms. The van der Waals surface area contributed by atoms with Crippen molar-refractivity contribution in [3.05, 3.63) is 47.5 Å². The zero-order chi connectivity index (χ0) is 15.5. The average molecular weight is 287 g/mol. The van der Waals surface area contributed by atoms with E-state index in [9.17, 15) is 9.59 Å². The van der Waals surface area contributed by atoms with Crippen LogP contribution in [-0.2, 0) is 20.9 Å². The fourth-order valence-corrected chi connectivity index (χ4v) is 2.50. The van der Waals surface area contributed by atoms with Gasteiger partial charge in [-0.25, -0.2) is 4.79 Å². The molecule has 1 unspecified atom stereocenters. The van der Waals surface area contributed by atoms with Crippen LogP contribution in [0.2, 0.25) is 0 Å². The van der Waals surface area contributed by atoms with Gasteiger partial charge in [-0.3, -0.25) is 4.79 Å². The number of rotatable bonds is 4. The number of esters is 1. The van der Waals surface area contributed by atoms with Gasteiger partial charge in [0, 0.05) is 12.0 Å². The molecule has 0 saturated carbocycles. The Morgan fingerprint density at radius 3 is 2.57 bits per heavy atom. The van der Waals surface area contributed by atoms with E-state index >= 15 is 0 Å². The highest BCUT2D eigenvalue weighted by Crippen LogP contribution is 2.33. The maximum atomic E-state index is 12.5.